The highest BCUT2D eigenvalue weighted by atomic mass is 35.5. The van der Waals surface area contributed by atoms with E-state index in [1.54, 1.807) is 0 Å². The van der Waals surface area contributed by atoms with Crippen LogP contribution >= 0.6 is 23.4 Å². The molecule has 114 valence electrons. The lowest BCUT2D eigenvalue weighted by Gasteiger charge is -2.41. The molecule has 2 atom stereocenters. The van der Waals surface area contributed by atoms with Crippen LogP contribution in [0.4, 0.5) is 0 Å². The van der Waals surface area contributed by atoms with Gasteiger partial charge in [-0.05, 0) is 12.5 Å². The minimum Gasteiger partial charge on any atom is -0.477 e. The molecule has 0 radical (unpaired) electrons. The number of aliphatic carboxylic acids is 1. The van der Waals surface area contributed by atoms with E-state index in [0.717, 1.165) is 10.6 Å². The molecule has 0 aliphatic carbocycles. The Balaban J connectivity index is 1.77. The van der Waals surface area contributed by atoms with E-state index < -0.39 is 12.0 Å². The molecular weight excluding hydrogens is 324 g/mol. The highest BCUT2D eigenvalue weighted by Gasteiger charge is 2.54. The molecule has 5 nitrogen and oxygen atoms in total. The van der Waals surface area contributed by atoms with Gasteiger partial charge in [0.2, 0.25) is 0 Å². The van der Waals surface area contributed by atoms with E-state index in [0.29, 0.717) is 6.42 Å². The van der Waals surface area contributed by atoms with E-state index in [9.17, 15) is 14.7 Å². The van der Waals surface area contributed by atoms with Crippen LogP contribution in [0.15, 0.2) is 46.1 Å². The van der Waals surface area contributed by atoms with Crippen molar-refractivity contribution in [2.45, 2.75) is 24.8 Å². The van der Waals surface area contributed by atoms with Crippen molar-refractivity contribution in [1.82, 2.24) is 4.90 Å². The largest absolute Gasteiger partial charge is 0.477 e. The normalized spacial score (nSPS) is 24.4. The molecule has 0 saturated carbocycles. The summed E-state index contributed by atoms with van der Waals surface area (Å²) in [5.41, 5.74) is 0.952. The van der Waals surface area contributed by atoms with Crippen LogP contribution in [-0.4, -0.2) is 38.3 Å². The second-order valence-corrected chi connectivity index (χ2v) is 6.79. The van der Waals surface area contributed by atoms with E-state index in [1.165, 1.54) is 23.6 Å². The third kappa shape index (κ3) is 2.53. The fraction of sp³-hybridized carbons (Fsp3) is 0.267. The van der Waals surface area contributed by atoms with Crippen LogP contribution < -0.4 is 0 Å². The Morgan fingerprint density at radius 3 is 2.68 bits per heavy atom. The van der Waals surface area contributed by atoms with Gasteiger partial charge in [-0.2, -0.15) is 0 Å². The second-order valence-electron chi connectivity index (χ2n) is 5.03. The van der Waals surface area contributed by atoms with Crippen LogP contribution in [0.3, 0.4) is 0 Å². The maximum atomic E-state index is 12.1. The second kappa shape index (κ2) is 5.78. The summed E-state index contributed by atoms with van der Waals surface area (Å²) in [5.74, 6) is -1.51. The zero-order valence-corrected chi connectivity index (χ0v) is 13.3. The molecule has 1 amide bonds. The number of β-lactam (4-membered cyclic amide) rings is 1. The molecule has 1 saturated heterocycles. The average molecular weight is 337 g/mol. The first-order valence-corrected chi connectivity index (χ1v) is 7.95. The van der Waals surface area contributed by atoms with Crippen molar-refractivity contribution in [2.75, 3.05) is 0 Å². The Bertz CT molecular complexity index is 698. The van der Waals surface area contributed by atoms with Crippen LogP contribution in [0, 0.1) is 0 Å². The smallest absolute Gasteiger partial charge is 0.353 e. The first kappa shape index (κ1) is 15.1. The summed E-state index contributed by atoms with van der Waals surface area (Å²) < 4.78 is 0. The van der Waals surface area contributed by atoms with E-state index in [4.69, 9.17) is 11.6 Å². The third-order valence-corrected chi connectivity index (χ3v) is 4.93. The topological polar surface area (TPSA) is 70.0 Å². The number of fused-ring (bicyclic) bond motifs is 1. The average Bonchev–Trinajstić information content (AvgIpc) is 2.84. The summed E-state index contributed by atoms with van der Waals surface area (Å²) in [7, 11) is 0. The fourth-order valence-corrected chi connectivity index (χ4v) is 4.02. The maximum absolute atomic E-state index is 12.1. The van der Waals surface area contributed by atoms with Crippen LogP contribution in [-0.2, 0) is 16.0 Å². The highest BCUT2D eigenvalue weighted by molar-refractivity contribution is 8.14. The number of carboxylic acids is 1. The summed E-state index contributed by atoms with van der Waals surface area (Å²) in [6, 6.07) is 9.33. The van der Waals surface area contributed by atoms with Crippen molar-refractivity contribution in [3.05, 3.63) is 46.6 Å². The van der Waals surface area contributed by atoms with Crippen molar-refractivity contribution in [3.63, 3.8) is 0 Å². The molecule has 0 aromatic heterocycles. The number of benzene rings is 1. The Hall–Kier alpha value is -1.79. The highest BCUT2D eigenvalue weighted by Crippen LogP contribution is 2.42. The Kier molecular flexibility index (Phi) is 3.97. The van der Waals surface area contributed by atoms with Crippen LogP contribution in [0.25, 0.3) is 0 Å². The van der Waals surface area contributed by atoms with Crippen LogP contribution in [0.5, 0.6) is 0 Å². The molecule has 1 fully saturated rings. The molecule has 3 rings (SSSR count). The van der Waals surface area contributed by atoms with Gasteiger partial charge in [0.25, 0.3) is 5.91 Å². The van der Waals surface area contributed by atoms with Crippen molar-refractivity contribution >= 4 is 40.3 Å². The maximum Gasteiger partial charge on any atom is 0.353 e. The molecule has 22 heavy (non-hydrogen) atoms. The van der Waals surface area contributed by atoms with Crippen molar-refractivity contribution in [1.29, 1.82) is 0 Å². The minimum atomic E-state index is -1.20. The molecule has 0 spiro atoms. The minimum absolute atomic E-state index is 0.0939. The molecular formula is C15H13ClN2O3S. The van der Waals surface area contributed by atoms with Gasteiger partial charge >= 0.3 is 5.97 Å². The van der Waals surface area contributed by atoms with Gasteiger partial charge < -0.3 is 5.11 Å². The first-order chi connectivity index (χ1) is 10.5. The molecule has 1 aromatic rings. The van der Waals surface area contributed by atoms with Crippen LogP contribution in [0.1, 0.15) is 12.5 Å². The summed E-state index contributed by atoms with van der Waals surface area (Å²) in [6.07, 6.45) is 0.644. The number of likely N-dealkylation sites (tertiary alicyclic amines) is 1. The fourth-order valence-electron chi connectivity index (χ4n) is 2.52. The zero-order chi connectivity index (χ0) is 15.9. The number of hydrogen-bond acceptors (Lipinski definition) is 4. The number of carboxylic acid groups (broad SMARTS) is 1. The molecule has 0 bridgehead atoms. The number of hydrogen-bond donors (Lipinski definition) is 1. The van der Waals surface area contributed by atoms with Crippen molar-refractivity contribution in [2.24, 2.45) is 4.99 Å². The Labute approximate surface area is 136 Å². The number of aliphatic imine (C=N–C) groups is 1. The number of allylic oxidation sites excluding steroid dienone is 1. The number of thioether (sulfide) groups is 1. The van der Waals surface area contributed by atoms with Crippen molar-refractivity contribution in [3.8, 4) is 0 Å². The van der Waals surface area contributed by atoms with Gasteiger partial charge in [-0.25, -0.2) is 4.79 Å². The van der Waals surface area contributed by atoms with Gasteiger partial charge in [0.1, 0.15) is 11.1 Å². The lowest BCUT2D eigenvalue weighted by molar-refractivity contribution is -0.147. The van der Waals surface area contributed by atoms with E-state index >= 15 is 0 Å². The summed E-state index contributed by atoms with van der Waals surface area (Å²) in [4.78, 5) is 29.1. The predicted molar refractivity (Wildman–Crippen MR) is 85.8 cm³/mol. The molecule has 2 heterocycles. The van der Waals surface area contributed by atoms with E-state index in [1.807, 2.05) is 30.3 Å². The van der Waals surface area contributed by atoms with Crippen LogP contribution in [0.2, 0.25) is 0 Å². The molecule has 7 heteroatoms. The van der Waals surface area contributed by atoms with Gasteiger partial charge in [0.05, 0.1) is 5.04 Å². The number of halogens is 1. The number of rotatable bonds is 4. The lowest BCUT2D eigenvalue weighted by Crippen LogP contribution is -2.61. The lowest BCUT2D eigenvalue weighted by atomic mass is 10.1. The van der Waals surface area contributed by atoms with E-state index in [-0.39, 0.29) is 22.0 Å². The quantitative estimate of drug-likeness (QED) is 0.677. The van der Waals surface area contributed by atoms with E-state index in [2.05, 4.69) is 4.99 Å². The molecule has 2 aliphatic rings. The third-order valence-electron chi connectivity index (χ3n) is 3.52. The SMILES string of the molecule is C/C(Cl)=C(\C(=O)O)N1C(=O)C2N=C(Cc3ccccc3)SC21. The van der Waals surface area contributed by atoms with Gasteiger partial charge in [0.15, 0.2) is 6.04 Å². The summed E-state index contributed by atoms with van der Waals surface area (Å²) in [5, 5.41) is 9.87. The zero-order valence-electron chi connectivity index (χ0n) is 11.7. The first-order valence-electron chi connectivity index (χ1n) is 6.69. The predicted octanol–water partition coefficient (Wildman–Crippen LogP) is 2.47. The molecule has 1 N–H and O–H groups in total. The van der Waals surface area contributed by atoms with Crippen molar-refractivity contribution < 1.29 is 14.7 Å². The molecule has 1 aromatic carbocycles. The number of carbonyl (C=O) groups is 2. The number of carbonyl (C=O) groups excluding carboxylic acids is 1. The summed E-state index contributed by atoms with van der Waals surface area (Å²) in [6.45, 7) is 1.47. The Morgan fingerprint density at radius 2 is 2.09 bits per heavy atom. The van der Waals surface area contributed by atoms with Gasteiger partial charge in [-0.15, -0.1) is 0 Å². The van der Waals surface area contributed by atoms with Gasteiger partial charge in [0, 0.05) is 11.5 Å². The number of amides is 1. The monoisotopic (exact) mass is 336 g/mol. The van der Waals surface area contributed by atoms with Gasteiger partial charge in [-0.1, -0.05) is 53.7 Å². The summed E-state index contributed by atoms with van der Waals surface area (Å²) >= 11 is 7.26. The Morgan fingerprint density at radius 1 is 1.41 bits per heavy atom. The molecule has 2 aliphatic heterocycles. The molecule has 2 unspecified atom stereocenters. The van der Waals surface area contributed by atoms with Gasteiger partial charge in [-0.3, -0.25) is 14.7 Å². The standard InChI is InChI=1S/C15H13ClN2O3S/c1-8(16)12(15(20)21)18-13(19)11-14(18)22-10(17-11)7-9-5-3-2-4-6-9/h2-6,11,14H,7H2,1H3,(H,20,21)/b12-8-. The number of nitrogens with zero attached hydrogens (tertiary/aromatic N) is 2.